The Balaban J connectivity index is 1.60. The summed E-state index contributed by atoms with van der Waals surface area (Å²) in [5, 5.41) is 6.71. The van der Waals surface area contributed by atoms with Crippen molar-refractivity contribution in [2.24, 2.45) is 10.8 Å². The van der Waals surface area contributed by atoms with E-state index in [2.05, 4.69) is 45.1 Å². The molecule has 5 nitrogen and oxygen atoms in total. The number of thiocarbonyl (C=S) groups is 1. The number of nitrogens with one attached hydrogen (secondary N) is 2. The molecule has 1 fully saturated rings. The zero-order valence-electron chi connectivity index (χ0n) is 14.7. The normalized spacial score (nSPS) is 17.3. The highest BCUT2D eigenvalue weighted by Crippen LogP contribution is 2.22. The van der Waals surface area contributed by atoms with Crippen LogP contribution in [0.2, 0.25) is 0 Å². The maximum atomic E-state index is 14.3. The monoisotopic (exact) mass is 389 g/mol. The molecule has 1 heterocycles. The molecule has 3 rings (SSSR count). The van der Waals surface area contributed by atoms with Crippen molar-refractivity contribution >= 4 is 29.2 Å². The highest BCUT2D eigenvalue weighted by atomic mass is 32.1. The summed E-state index contributed by atoms with van der Waals surface area (Å²) in [5.41, 5.74) is 8.94. The third-order valence-electron chi connectivity index (χ3n) is 4.35. The molecule has 0 amide bonds. The molecule has 0 bridgehead atoms. The lowest BCUT2D eigenvalue weighted by Gasteiger charge is -2.18. The van der Waals surface area contributed by atoms with Gasteiger partial charge in [-0.05, 0) is 30.3 Å². The van der Waals surface area contributed by atoms with Gasteiger partial charge < -0.3 is 11.1 Å². The largest absolute Gasteiger partial charge is 0.379 e. The summed E-state index contributed by atoms with van der Waals surface area (Å²) in [6.45, 7) is 2.53. The van der Waals surface area contributed by atoms with Gasteiger partial charge in [0.25, 0.3) is 0 Å². The lowest BCUT2D eigenvalue weighted by atomic mass is 10.1. The molecule has 0 spiro atoms. The molecule has 2 aromatic carbocycles. The van der Waals surface area contributed by atoms with Crippen LogP contribution in [0.3, 0.4) is 0 Å². The van der Waals surface area contributed by atoms with Crippen LogP contribution in [0.5, 0.6) is 0 Å². The maximum Gasteiger partial charge on any atom is 0.184 e. The number of likely N-dealkylation sites (tertiary alicyclic amines) is 1. The number of hydrogen-bond acceptors (Lipinski definition) is 4. The van der Waals surface area contributed by atoms with E-state index in [1.807, 2.05) is 18.2 Å². The summed E-state index contributed by atoms with van der Waals surface area (Å²) in [7, 11) is 0. The van der Waals surface area contributed by atoms with Gasteiger partial charge >= 0.3 is 0 Å². The van der Waals surface area contributed by atoms with Gasteiger partial charge in [0.15, 0.2) is 5.11 Å². The van der Waals surface area contributed by atoms with E-state index in [1.165, 1.54) is 5.56 Å². The van der Waals surface area contributed by atoms with Gasteiger partial charge in [0.1, 0.15) is 11.6 Å². The molecule has 27 heavy (non-hydrogen) atoms. The fourth-order valence-electron chi connectivity index (χ4n) is 3.09. The summed E-state index contributed by atoms with van der Waals surface area (Å²) in [5.74, 6) is -1.11. The second kappa shape index (κ2) is 8.88. The fraction of sp³-hybridized carbons (Fsp3) is 0.263. The van der Waals surface area contributed by atoms with E-state index in [0.717, 1.165) is 44.4 Å². The van der Waals surface area contributed by atoms with Crippen LogP contribution in [-0.4, -0.2) is 35.4 Å². The van der Waals surface area contributed by atoms with Crippen molar-refractivity contribution in [3.8, 4) is 0 Å². The molecule has 142 valence electrons. The van der Waals surface area contributed by atoms with Crippen LogP contribution in [0, 0.1) is 11.6 Å². The van der Waals surface area contributed by atoms with Crippen molar-refractivity contribution in [1.82, 2.24) is 10.3 Å². The van der Waals surface area contributed by atoms with E-state index in [-0.39, 0.29) is 22.4 Å². The van der Waals surface area contributed by atoms with Gasteiger partial charge in [-0.25, -0.2) is 8.78 Å². The predicted molar refractivity (Wildman–Crippen MR) is 108 cm³/mol. The van der Waals surface area contributed by atoms with Crippen LogP contribution in [0.25, 0.3) is 0 Å². The Morgan fingerprint density at radius 2 is 2.04 bits per heavy atom. The number of nitrogens with zero attached hydrogens (tertiary/aromatic N) is 2. The first kappa shape index (κ1) is 19.2. The number of anilines is 1. The molecule has 0 radical (unpaired) electrons. The minimum absolute atomic E-state index is 0.0129. The maximum absolute atomic E-state index is 14.3. The molecule has 1 aliphatic rings. The van der Waals surface area contributed by atoms with Crippen LogP contribution in [0.4, 0.5) is 14.5 Å². The van der Waals surface area contributed by atoms with Crippen molar-refractivity contribution < 1.29 is 8.78 Å². The van der Waals surface area contributed by atoms with Gasteiger partial charge in [0.2, 0.25) is 0 Å². The number of hydrazone groups is 1. The number of nitrogens with two attached hydrogens (primary N) is 1. The van der Waals surface area contributed by atoms with Crippen molar-refractivity contribution in [1.29, 1.82) is 0 Å². The highest BCUT2D eigenvalue weighted by Gasteiger charge is 2.23. The number of benzene rings is 2. The Labute approximate surface area is 162 Å². The summed E-state index contributed by atoms with van der Waals surface area (Å²) >= 11 is 4.59. The van der Waals surface area contributed by atoms with Crippen LogP contribution in [0.1, 0.15) is 17.5 Å². The molecule has 1 aliphatic heterocycles. The third-order valence-corrected chi connectivity index (χ3v) is 4.44. The molecule has 0 saturated carbocycles. The summed E-state index contributed by atoms with van der Waals surface area (Å²) in [6, 6.07) is 12.5. The molecule has 0 aliphatic carbocycles. The first-order valence-corrected chi connectivity index (χ1v) is 9.02. The zero-order chi connectivity index (χ0) is 19.2. The quantitative estimate of drug-likeness (QED) is 0.403. The summed E-state index contributed by atoms with van der Waals surface area (Å²) in [6.07, 6.45) is 2.01. The molecular formula is C19H21F2N5S. The lowest BCUT2D eigenvalue weighted by Crippen LogP contribution is -2.26. The fourth-order valence-corrected chi connectivity index (χ4v) is 3.15. The van der Waals surface area contributed by atoms with Gasteiger partial charge in [-0.2, -0.15) is 5.10 Å². The Hall–Kier alpha value is -2.58. The van der Waals surface area contributed by atoms with E-state index < -0.39 is 11.6 Å². The van der Waals surface area contributed by atoms with Gasteiger partial charge in [0.05, 0.1) is 11.9 Å². The van der Waals surface area contributed by atoms with Gasteiger partial charge in [0, 0.05) is 37.3 Å². The van der Waals surface area contributed by atoms with Crippen LogP contribution < -0.4 is 16.5 Å². The van der Waals surface area contributed by atoms with Crippen molar-refractivity contribution in [3.63, 3.8) is 0 Å². The second-order valence-electron chi connectivity index (χ2n) is 6.44. The van der Waals surface area contributed by atoms with Crippen LogP contribution >= 0.6 is 12.2 Å². The Morgan fingerprint density at radius 3 is 2.78 bits per heavy atom. The zero-order valence-corrected chi connectivity index (χ0v) is 15.5. The first-order valence-electron chi connectivity index (χ1n) is 8.61. The average molecular weight is 389 g/mol. The molecule has 1 saturated heterocycles. The van der Waals surface area contributed by atoms with Gasteiger partial charge in [-0.1, -0.05) is 30.3 Å². The van der Waals surface area contributed by atoms with Crippen molar-refractivity contribution in [2.45, 2.75) is 19.0 Å². The topological polar surface area (TPSA) is 65.7 Å². The first-order chi connectivity index (χ1) is 13.0. The Kier molecular flexibility index (Phi) is 6.31. The molecule has 0 aromatic heterocycles. The van der Waals surface area contributed by atoms with E-state index in [1.54, 1.807) is 0 Å². The van der Waals surface area contributed by atoms with E-state index in [4.69, 9.17) is 5.73 Å². The summed E-state index contributed by atoms with van der Waals surface area (Å²) < 4.78 is 28.5. The molecule has 1 atom stereocenters. The van der Waals surface area contributed by atoms with Gasteiger partial charge in [-0.15, -0.1) is 0 Å². The minimum Gasteiger partial charge on any atom is -0.379 e. The Morgan fingerprint density at radius 1 is 1.26 bits per heavy atom. The molecule has 0 unspecified atom stereocenters. The van der Waals surface area contributed by atoms with Crippen LogP contribution in [-0.2, 0) is 6.54 Å². The second-order valence-corrected chi connectivity index (χ2v) is 6.88. The molecule has 8 heteroatoms. The molecular weight excluding hydrogens is 368 g/mol. The van der Waals surface area contributed by atoms with E-state index >= 15 is 0 Å². The Bertz CT molecular complexity index is 828. The van der Waals surface area contributed by atoms with Crippen LogP contribution in [0.15, 0.2) is 47.6 Å². The van der Waals surface area contributed by atoms with Gasteiger partial charge in [-0.3, -0.25) is 10.3 Å². The number of hydrogen-bond donors (Lipinski definition) is 3. The number of rotatable bonds is 6. The third kappa shape index (κ3) is 5.45. The summed E-state index contributed by atoms with van der Waals surface area (Å²) in [4.78, 5) is 2.30. The molecule has 4 N–H and O–H groups in total. The van der Waals surface area contributed by atoms with E-state index in [0.29, 0.717) is 0 Å². The minimum atomic E-state index is -0.577. The lowest BCUT2D eigenvalue weighted by molar-refractivity contribution is 0.328. The van der Waals surface area contributed by atoms with Crippen molar-refractivity contribution in [2.75, 3.05) is 18.4 Å². The SMILES string of the molecule is NC(=S)N/N=C/c1cc(F)c(N[C@@H]2CCN(Cc3ccccc3)C2)cc1F. The highest BCUT2D eigenvalue weighted by molar-refractivity contribution is 7.80. The van der Waals surface area contributed by atoms with Crippen molar-refractivity contribution in [3.05, 3.63) is 65.2 Å². The van der Waals surface area contributed by atoms with E-state index in [9.17, 15) is 8.78 Å². The predicted octanol–water partition coefficient (Wildman–Crippen LogP) is 2.82. The number of halogens is 2. The average Bonchev–Trinajstić information content (AvgIpc) is 3.06. The molecule has 2 aromatic rings. The smallest absolute Gasteiger partial charge is 0.184 e. The standard InChI is InChI=1S/C19H21F2N5S/c20-16-9-18(17(21)8-14(16)10-23-25-19(22)27)24-15-6-7-26(12-15)11-13-4-2-1-3-5-13/h1-5,8-10,15,24H,6-7,11-12H2,(H3,22,25,27)/b23-10+/t15-/m1/s1.